The molecule has 4 saturated carbocycles. The fraction of sp³-hybridized carbons (Fsp3) is 0.938. The zero-order chi connectivity index (χ0) is 11.7. The van der Waals surface area contributed by atoms with E-state index in [2.05, 4.69) is 13.0 Å². The van der Waals surface area contributed by atoms with Gasteiger partial charge in [-0.15, -0.1) is 0 Å². The first-order valence-electron chi connectivity index (χ1n) is 7.64. The standard InChI is InChI=1S/C16H23N/c1-15(11-2-3-11,12-4-5-12)16(10-17,13-6-7-13)14-8-9-14/h11-14H,2-9H2,1H3. The SMILES string of the molecule is CC(C1CC1)(C1CC1)C(C#N)(C1CC1)C1CC1. The van der Waals surface area contributed by atoms with Crippen molar-refractivity contribution in [2.75, 3.05) is 0 Å². The molecule has 0 amide bonds. The highest BCUT2D eigenvalue weighted by molar-refractivity contribution is 5.25. The van der Waals surface area contributed by atoms with Crippen molar-refractivity contribution in [1.29, 1.82) is 5.26 Å². The number of rotatable bonds is 5. The van der Waals surface area contributed by atoms with Gasteiger partial charge in [0.25, 0.3) is 0 Å². The van der Waals surface area contributed by atoms with Crippen molar-refractivity contribution in [2.45, 2.75) is 58.3 Å². The van der Waals surface area contributed by atoms with E-state index >= 15 is 0 Å². The highest BCUT2D eigenvalue weighted by Crippen LogP contribution is 2.75. The van der Waals surface area contributed by atoms with Crippen LogP contribution < -0.4 is 0 Å². The Morgan fingerprint density at radius 1 is 0.765 bits per heavy atom. The summed E-state index contributed by atoms with van der Waals surface area (Å²) in [5.74, 6) is 3.34. The molecule has 0 spiro atoms. The molecule has 0 bridgehead atoms. The second-order valence-corrected chi connectivity index (χ2v) is 7.36. The molecule has 0 unspecified atom stereocenters. The van der Waals surface area contributed by atoms with Crippen LogP contribution >= 0.6 is 0 Å². The molecule has 17 heavy (non-hydrogen) atoms. The van der Waals surface area contributed by atoms with Crippen LogP contribution in [0.25, 0.3) is 0 Å². The van der Waals surface area contributed by atoms with E-state index in [1.807, 2.05) is 0 Å². The van der Waals surface area contributed by atoms with Crippen molar-refractivity contribution in [1.82, 2.24) is 0 Å². The predicted molar refractivity (Wildman–Crippen MR) is 67.0 cm³/mol. The van der Waals surface area contributed by atoms with E-state index in [0.717, 1.165) is 23.7 Å². The number of nitrogens with zero attached hydrogens (tertiary/aromatic N) is 1. The first-order chi connectivity index (χ1) is 8.23. The lowest BCUT2D eigenvalue weighted by atomic mass is 9.54. The molecule has 0 aromatic carbocycles. The average Bonchev–Trinajstić information content (AvgIpc) is 3.20. The number of hydrogen-bond donors (Lipinski definition) is 0. The molecule has 1 heteroatoms. The molecule has 4 rings (SSSR count). The van der Waals surface area contributed by atoms with E-state index in [1.165, 1.54) is 51.4 Å². The van der Waals surface area contributed by atoms with Gasteiger partial charge in [-0.25, -0.2) is 0 Å². The van der Waals surface area contributed by atoms with Crippen molar-refractivity contribution in [2.24, 2.45) is 34.5 Å². The van der Waals surface area contributed by atoms with Crippen molar-refractivity contribution in [3.05, 3.63) is 0 Å². The maximum atomic E-state index is 10.0. The molecule has 0 heterocycles. The van der Waals surface area contributed by atoms with Crippen LogP contribution in [-0.4, -0.2) is 0 Å². The van der Waals surface area contributed by atoms with Gasteiger partial charge in [-0.05, 0) is 80.5 Å². The Bertz CT molecular complexity index is 351. The van der Waals surface area contributed by atoms with E-state index in [4.69, 9.17) is 0 Å². The summed E-state index contributed by atoms with van der Waals surface area (Å²) in [5, 5.41) is 10.0. The van der Waals surface area contributed by atoms with E-state index < -0.39 is 0 Å². The smallest absolute Gasteiger partial charge is 0.0701 e. The first-order valence-corrected chi connectivity index (χ1v) is 7.64. The second kappa shape index (κ2) is 3.08. The summed E-state index contributed by atoms with van der Waals surface area (Å²) in [6, 6.07) is 2.92. The normalized spacial score (nSPS) is 30.1. The summed E-state index contributed by atoms with van der Waals surface area (Å²) in [6.07, 6.45) is 11.0. The molecule has 0 atom stereocenters. The van der Waals surface area contributed by atoms with Gasteiger partial charge in [0.2, 0.25) is 0 Å². The molecule has 0 radical (unpaired) electrons. The molecule has 4 aliphatic carbocycles. The van der Waals surface area contributed by atoms with E-state index in [-0.39, 0.29) is 5.41 Å². The lowest BCUT2D eigenvalue weighted by Crippen LogP contribution is -2.46. The Labute approximate surface area is 105 Å². The monoisotopic (exact) mass is 229 g/mol. The van der Waals surface area contributed by atoms with Gasteiger partial charge in [0.05, 0.1) is 11.5 Å². The van der Waals surface area contributed by atoms with Gasteiger partial charge in [-0.3, -0.25) is 0 Å². The zero-order valence-electron chi connectivity index (χ0n) is 10.9. The van der Waals surface area contributed by atoms with Gasteiger partial charge in [0.1, 0.15) is 0 Å². The molecule has 4 aliphatic rings. The van der Waals surface area contributed by atoms with Gasteiger partial charge >= 0.3 is 0 Å². The van der Waals surface area contributed by atoms with Gasteiger partial charge in [0, 0.05) is 0 Å². The Morgan fingerprint density at radius 2 is 1.12 bits per heavy atom. The highest BCUT2D eigenvalue weighted by atomic mass is 14.7. The first kappa shape index (κ1) is 10.4. The van der Waals surface area contributed by atoms with Crippen LogP contribution in [-0.2, 0) is 0 Å². The van der Waals surface area contributed by atoms with Gasteiger partial charge in [-0.2, -0.15) is 5.26 Å². The Balaban J connectivity index is 1.78. The molecule has 1 nitrogen and oxygen atoms in total. The molecule has 92 valence electrons. The Kier molecular flexibility index (Phi) is 1.89. The van der Waals surface area contributed by atoms with Crippen molar-refractivity contribution in [3.8, 4) is 6.07 Å². The second-order valence-electron chi connectivity index (χ2n) is 7.36. The van der Waals surface area contributed by atoms with Crippen LogP contribution in [0.1, 0.15) is 58.3 Å². The minimum atomic E-state index is 0.0926. The maximum Gasteiger partial charge on any atom is 0.0701 e. The summed E-state index contributed by atoms with van der Waals surface area (Å²) in [5.41, 5.74) is 0.486. The zero-order valence-corrected chi connectivity index (χ0v) is 10.9. The average molecular weight is 229 g/mol. The lowest BCUT2D eigenvalue weighted by molar-refractivity contribution is 0.0136. The van der Waals surface area contributed by atoms with Gasteiger partial charge in [0.15, 0.2) is 0 Å². The predicted octanol–water partition coefficient (Wildman–Crippen LogP) is 4.14. The minimum absolute atomic E-state index is 0.0926. The third-order valence-electron chi connectivity index (χ3n) is 6.37. The molecule has 0 aromatic rings. The van der Waals surface area contributed by atoms with Crippen molar-refractivity contribution < 1.29 is 0 Å². The third kappa shape index (κ3) is 1.25. The molecule has 0 saturated heterocycles. The molecule has 4 fully saturated rings. The third-order valence-corrected chi connectivity index (χ3v) is 6.37. The van der Waals surface area contributed by atoms with Gasteiger partial charge < -0.3 is 0 Å². The topological polar surface area (TPSA) is 23.8 Å². The summed E-state index contributed by atoms with van der Waals surface area (Å²) < 4.78 is 0. The summed E-state index contributed by atoms with van der Waals surface area (Å²) in [6.45, 7) is 2.52. The molecule has 0 aliphatic heterocycles. The lowest BCUT2D eigenvalue weighted by Gasteiger charge is -2.46. The van der Waals surface area contributed by atoms with Gasteiger partial charge in [-0.1, -0.05) is 6.92 Å². The quantitative estimate of drug-likeness (QED) is 0.695. The molecule has 0 aromatic heterocycles. The summed E-state index contributed by atoms with van der Waals surface area (Å²) >= 11 is 0. The van der Waals surface area contributed by atoms with Crippen LogP contribution in [0.2, 0.25) is 0 Å². The van der Waals surface area contributed by atoms with E-state index in [1.54, 1.807) is 0 Å². The van der Waals surface area contributed by atoms with Crippen LogP contribution in [0.5, 0.6) is 0 Å². The van der Waals surface area contributed by atoms with Crippen LogP contribution in [0.3, 0.4) is 0 Å². The van der Waals surface area contributed by atoms with Crippen LogP contribution in [0, 0.1) is 45.8 Å². The molecular weight excluding hydrogens is 206 g/mol. The summed E-state index contributed by atoms with van der Waals surface area (Å²) in [7, 11) is 0. The maximum absolute atomic E-state index is 10.0. The minimum Gasteiger partial charge on any atom is -0.198 e. The van der Waals surface area contributed by atoms with Crippen LogP contribution in [0.4, 0.5) is 0 Å². The summed E-state index contributed by atoms with van der Waals surface area (Å²) in [4.78, 5) is 0. The van der Waals surface area contributed by atoms with E-state index in [0.29, 0.717) is 5.41 Å². The van der Waals surface area contributed by atoms with E-state index in [9.17, 15) is 5.26 Å². The van der Waals surface area contributed by atoms with Crippen molar-refractivity contribution in [3.63, 3.8) is 0 Å². The van der Waals surface area contributed by atoms with Crippen molar-refractivity contribution >= 4 is 0 Å². The van der Waals surface area contributed by atoms with Crippen LogP contribution in [0.15, 0.2) is 0 Å². The fourth-order valence-electron chi connectivity index (χ4n) is 4.97. The Hall–Kier alpha value is -0.510. The highest BCUT2D eigenvalue weighted by Gasteiger charge is 2.70. The molecule has 0 N–H and O–H groups in total. The molecular formula is C16H23N. The number of nitriles is 1. The Morgan fingerprint density at radius 3 is 1.35 bits per heavy atom. The fourth-order valence-corrected chi connectivity index (χ4v) is 4.97. The number of hydrogen-bond acceptors (Lipinski definition) is 1. The largest absolute Gasteiger partial charge is 0.198 e.